The topological polar surface area (TPSA) is 50.8 Å². The molecule has 1 aromatic rings. The van der Waals surface area contributed by atoms with Crippen LogP contribution in [0.3, 0.4) is 0 Å². The Morgan fingerprint density at radius 2 is 2.08 bits per heavy atom. The molecule has 3 rings (SSSR count). The van der Waals surface area contributed by atoms with E-state index in [0.717, 1.165) is 43.7 Å². The van der Waals surface area contributed by atoms with Gasteiger partial charge >= 0.3 is 0 Å². The molecule has 0 aromatic heterocycles. The van der Waals surface area contributed by atoms with Crippen molar-refractivity contribution < 1.29 is 14.3 Å². The first-order valence-corrected chi connectivity index (χ1v) is 9.04. The average Bonchev–Trinajstić information content (AvgIpc) is 3.09. The SMILES string of the molecule is CCOCc1ccc(CNC(=O)CN2CCO[C@H]3CCC[C@H]32)cc1. The molecule has 1 heterocycles. The lowest BCUT2D eigenvalue weighted by atomic mass is 10.1. The number of nitrogens with one attached hydrogen (secondary N) is 1. The molecule has 1 aliphatic heterocycles. The average molecular weight is 332 g/mol. The lowest BCUT2D eigenvalue weighted by Gasteiger charge is -2.37. The summed E-state index contributed by atoms with van der Waals surface area (Å²) < 4.78 is 11.2. The maximum absolute atomic E-state index is 12.3. The van der Waals surface area contributed by atoms with Gasteiger partial charge in [0.1, 0.15) is 0 Å². The predicted molar refractivity (Wildman–Crippen MR) is 92.6 cm³/mol. The number of ether oxygens (including phenoxy) is 2. The van der Waals surface area contributed by atoms with E-state index >= 15 is 0 Å². The van der Waals surface area contributed by atoms with E-state index in [0.29, 0.717) is 31.8 Å². The van der Waals surface area contributed by atoms with E-state index in [4.69, 9.17) is 9.47 Å². The van der Waals surface area contributed by atoms with Crippen molar-refractivity contribution in [1.82, 2.24) is 10.2 Å². The maximum Gasteiger partial charge on any atom is 0.234 e. The first kappa shape index (κ1) is 17.4. The van der Waals surface area contributed by atoms with Crippen molar-refractivity contribution in [2.45, 2.75) is 51.5 Å². The first-order chi connectivity index (χ1) is 11.8. The van der Waals surface area contributed by atoms with E-state index in [-0.39, 0.29) is 5.91 Å². The fourth-order valence-electron chi connectivity index (χ4n) is 3.62. The smallest absolute Gasteiger partial charge is 0.234 e. The number of amides is 1. The third kappa shape index (κ3) is 4.56. The Kier molecular flexibility index (Phi) is 6.24. The van der Waals surface area contributed by atoms with Gasteiger partial charge in [0.05, 0.1) is 25.9 Å². The third-order valence-corrected chi connectivity index (χ3v) is 4.93. The summed E-state index contributed by atoms with van der Waals surface area (Å²) in [6.07, 6.45) is 3.84. The Balaban J connectivity index is 1.43. The molecule has 0 spiro atoms. The Hall–Kier alpha value is -1.43. The summed E-state index contributed by atoms with van der Waals surface area (Å²) in [4.78, 5) is 14.6. The van der Waals surface area contributed by atoms with Gasteiger partial charge in [0.25, 0.3) is 0 Å². The second-order valence-corrected chi connectivity index (χ2v) is 6.61. The molecule has 2 aliphatic rings. The largest absolute Gasteiger partial charge is 0.377 e. The maximum atomic E-state index is 12.3. The van der Waals surface area contributed by atoms with E-state index in [1.165, 1.54) is 6.42 Å². The molecule has 1 amide bonds. The van der Waals surface area contributed by atoms with Crippen LogP contribution >= 0.6 is 0 Å². The van der Waals surface area contributed by atoms with E-state index < -0.39 is 0 Å². The third-order valence-electron chi connectivity index (χ3n) is 4.93. The van der Waals surface area contributed by atoms with Crippen LogP contribution < -0.4 is 5.32 Å². The van der Waals surface area contributed by atoms with Crippen molar-refractivity contribution in [2.75, 3.05) is 26.3 Å². The number of nitrogens with zero attached hydrogens (tertiary/aromatic N) is 1. The Morgan fingerprint density at radius 1 is 1.29 bits per heavy atom. The second-order valence-electron chi connectivity index (χ2n) is 6.61. The summed E-state index contributed by atoms with van der Waals surface area (Å²) in [5.74, 6) is 0.0981. The monoisotopic (exact) mass is 332 g/mol. The quantitative estimate of drug-likeness (QED) is 0.831. The molecule has 24 heavy (non-hydrogen) atoms. The van der Waals surface area contributed by atoms with Gasteiger partial charge in [-0.2, -0.15) is 0 Å². The minimum atomic E-state index is 0.0981. The van der Waals surface area contributed by atoms with Gasteiger partial charge in [-0.3, -0.25) is 9.69 Å². The van der Waals surface area contributed by atoms with Gasteiger partial charge in [0, 0.05) is 25.7 Å². The van der Waals surface area contributed by atoms with E-state index in [1.807, 2.05) is 6.92 Å². The standard InChI is InChI=1S/C19H28N2O3/c1-2-23-14-16-8-6-15(7-9-16)12-20-19(22)13-21-10-11-24-18-5-3-4-17(18)21/h6-9,17-18H,2-5,10-14H2,1H3,(H,20,22)/t17-,18+/m1/s1. The van der Waals surface area contributed by atoms with Crippen molar-refractivity contribution >= 4 is 5.91 Å². The summed E-state index contributed by atoms with van der Waals surface area (Å²) in [6.45, 7) is 6.02. The van der Waals surface area contributed by atoms with Gasteiger partial charge in [0.15, 0.2) is 0 Å². The fraction of sp³-hybridized carbons (Fsp3) is 0.632. The highest BCUT2D eigenvalue weighted by molar-refractivity contribution is 5.78. The van der Waals surface area contributed by atoms with Crippen LogP contribution in [-0.2, 0) is 27.4 Å². The second kappa shape index (κ2) is 8.60. The van der Waals surface area contributed by atoms with Gasteiger partial charge < -0.3 is 14.8 Å². The molecule has 2 atom stereocenters. The number of rotatable bonds is 7. The van der Waals surface area contributed by atoms with Gasteiger partial charge in [0.2, 0.25) is 5.91 Å². The molecule has 1 N–H and O–H groups in total. The number of hydrogen-bond donors (Lipinski definition) is 1. The molecular formula is C19H28N2O3. The Morgan fingerprint density at radius 3 is 2.88 bits per heavy atom. The van der Waals surface area contributed by atoms with Crippen LogP contribution in [0.25, 0.3) is 0 Å². The summed E-state index contributed by atoms with van der Waals surface area (Å²) in [5.41, 5.74) is 2.27. The van der Waals surface area contributed by atoms with E-state index in [2.05, 4.69) is 34.5 Å². The molecule has 0 unspecified atom stereocenters. The minimum absolute atomic E-state index is 0.0981. The molecular weight excluding hydrogens is 304 g/mol. The summed E-state index contributed by atoms with van der Waals surface area (Å²) >= 11 is 0. The molecule has 0 radical (unpaired) electrons. The Bertz CT molecular complexity index is 532. The van der Waals surface area contributed by atoms with Crippen LogP contribution in [0.1, 0.15) is 37.3 Å². The number of carbonyl (C=O) groups excluding carboxylic acids is 1. The number of fused-ring (bicyclic) bond motifs is 1. The number of benzene rings is 1. The molecule has 132 valence electrons. The molecule has 5 nitrogen and oxygen atoms in total. The van der Waals surface area contributed by atoms with E-state index in [1.54, 1.807) is 0 Å². The van der Waals surface area contributed by atoms with Gasteiger partial charge in [-0.15, -0.1) is 0 Å². The van der Waals surface area contributed by atoms with Gasteiger partial charge in [-0.1, -0.05) is 24.3 Å². The summed E-state index contributed by atoms with van der Waals surface area (Å²) in [6, 6.07) is 8.65. The number of carbonyl (C=O) groups is 1. The Labute approximate surface area is 144 Å². The van der Waals surface area contributed by atoms with Crippen LogP contribution in [0.5, 0.6) is 0 Å². The summed E-state index contributed by atoms with van der Waals surface area (Å²) in [5, 5.41) is 3.04. The lowest BCUT2D eigenvalue weighted by Crippen LogP contribution is -2.51. The zero-order chi connectivity index (χ0) is 16.8. The van der Waals surface area contributed by atoms with Crippen molar-refractivity contribution in [1.29, 1.82) is 0 Å². The van der Waals surface area contributed by atoms with Crippen molar-refractivity contribution in [3.8, 4) is 0 Å². The van der Waals surface area contributed by atoms with Crippen molar-refractivity contribution in [2.24, 2.45) is 0 Å². The minimum Gasteiger partial charge on any atom is -0.377 e. The van der Waals surface area contributed by atoms with Crippen molar-refractivity contribution in [3.63, 3.8) is 0 Å². The highest BCUT2D eigenvalue weighted by atomic mass is 16.5. The van der Waals surface area contributed by atoms with Crippen molar-refractivity contribution in [3.05, 3.63) is 35.4 Å². The molecule has 5 heteroatoms. The highest BCUT2D eigenvalue weighted by Gasteiger charge is 2.36. The van der Waals surface area contributed by atoms with Crippen LogP contribution in [0.15, 0.2) is 24.3 Å². The van der Waals surface area contributed by atoms with Crippen LogP contribution in [-0.4, -0.2) is 49.3 Å². The first-order valence-electron chi connectivity index (χ1n) is 9.04. The highest BCUT2D eigenvalue weighted by Crippen LogP contribution is 2.29. The molecule has 1 saturated carbocycles. The number of morpholine rings is 1. The fourth-order valence-corrected chi connectivity index (χ4v) is 3.62. The molecule has 1 aliphatic carbocycles. The summed E-state index contributed by atoms with van der Waals surface area (Å²) in [7, 11) is 0. The lowest BCUT2D eigenvalue weighted by molar-refractivity contribution is -0.126. The molecule has 1 saturated heterocycles. The zero-order valence-electron chi connectivity index (χ0n) is 14.5. The van der Waals surface area contributed by atoms with Crippen LogP contribution in [0, 0.1) is 0 Å². The molecule has 0 bridgehead atoms. The zero-order valence-corrected chi connectivity index (χ0v) is 14.5. The predicted octanol–water partition coefficient (Wildman–Crippen LogP) is 2.09. The van der Waals surface area contributed by atoms with E-state index in [9.17, 15) is 4.79 Å². The van der Waals surface area contributed by atoms with Gasteiger partial charge in [-0.05, 0) is 37.3 Å². The molecule has 1 aromatic carbocycles. The molecule has 2 fully saturated rings. The van der Waals surface area contributed by atoms with Gasteiger partial charge in [-0.25, -0.2) is 0 Å². The van der Waals surface area contributed by atoms with Crippen LogP contribution in [0.4, 0.5) is 0 Å². The number of hydrogen-bond acceptors (Lipinski definition) is 4. The normalized spacial score (nSPS) is 23.9. The van der Waals surface area contributed by atoms with Crippen LogP contribution in [0.2, 0.25) is 0 Å².